The molecule has 174 valence electrons. The summed E-state index contributed by atoms with van der Waals surface area (Å²) in [5.41, 5.74) is 2.99. The third-order valence-electron chi connectivity index (χ3n) is 6.65. The van der Waals surface area contributed by atoms with E-state index in [9.17, 15) is 10.1 Å². The molecule has 0 saturated carbocycles. The molecule has 5 rings (SSSR count). The van der Waals surface area contributed by atoms with Gasteiger partial charge in [-0.15, -0.1) is 0 Å². The Morgan fingerprint density at radius 3 is 2.76 bits per heavy atom. The number of aromatic nitrogens is 1. The normalized spacial score (nSPS) is 16.1. The first-order chi connectivity index (χ1) is 16.7. The number of aryl methyl sites for hydroxylation is 1. The molecule has 3 heterocycles. The minimum atomic E-state index is 0.0182. The number of pyridine rings is 1. The summed E-state index contributed by atoms with van der Waals surface area (Å²) >= 11 is 0. The topological polar surface area (TPSA) is 81.5 Å². The number of carbonyl (C=O) groups excluding carboxylic acids is 1. The maximum atomic E-state index is 11.6. The number of nitriles is 1. The second kappa shape index (κ2) is 10.1. The Hall–Kier alpha value is -3.63. The first-order valence-corrected chi connectivity index (χ1v) is 12.0. The molecule has 2 aliphatic heterocycles. The molecule has 1 N–H and O–H groups in total. The van der Waals surface area contributed by atoms with E-state index < -0.39 is 0 Å². The van der Waals surface area contributed by atoms with E-state index in [-0.39, 0.29) is 5.91 Å². The van der Waals surface area contributed by atoms with Gasteiger partial charge in [-0.25, -0.2) is 0 Å². The molecule has 0 radical (unpaired) electrons. The van der Waals surface area contributed by atoms with E-state index in [1.165, 1.54) is 11.1 Å². The summed E-state index contributed by atoms with van der Waals surface area (Å²) in [6.07, 6.45) is 3.30. The summed E-state index contributed by atoms with van der Waals surface area (Å²) in [6.45, 7) is 5.70. The van der Waals surface area contributed by atoms with Gasteiger partial charge in [0.1, 0.15) is 5.82 Å². The molecule has 1 fully saturated rings. The molecule has 0 unspecified atom stereocenters. The standard InChI is InChI=1S/C27H29N5O2/c28-19-20-6-7-21-4-3-5-24(23(21)18-20)32-15-13-31(14-16-32)12-1-2-17-34-26-11-9-22-8-10-25(33)29-27(22)30-26/h3-7,9,11,18H,1-2,8,10,12-17H2,(H,29,30,33). The smallest absolute Gasteiger partial charge is 0.225 e. The number of nitrogens with one attached hydrogen (secondary N) is 1. The fourth-order valence-corrected chi connectivity index (χ4v) is 4.73. The van der Waals surface area contributed by atoms with Crippen LogP contribution in [-0.4, -0.2) is 55.1 Å². The van der Waals surface area contributed by atoms with Crippen LogP contribution >= 0.6 is 0 Å². The third-order valence-corrected chi connectivity index (χ3v) is 6.65. The Morgan fingerprint density at radius 1 is 1.03 bits per heavy atom. The second-order valence-corrected chi connectivity index (χ2v) is 8.91. The summed E-state index contributed by atoms with van der Waals surface area (Å²) in [7, 11) is 0. The monoisotopic (exact) mass is 455 g/mol. The van der Waals surface area contributed by atoms with Gasteiger partial charge in [-0.1, -0.05) is 18.2 Å². The van der Waals surface area contributed by atoms with Crippen LogP contribution < -0.4 is 15.0 Å². The molecule has 34 heavy (non-hydrogen) atoms. The molecule has 7 nitrogen and oxygen atoms in total. The Bertz CT molecular complexity index is 1230. The highest BCUT2D eigenvalue weighted by Crippen LogP contribution is 2.29. The summed E-state index contributed by atoms with van der Waals surface area (Å²) in [5, 5.41) is 14.4. The van der Waals surface area contributed by atoms with Gasteiger partial charge in [-0.05, 0) is 61.0 Å². The fourth-order valence-electron chi connectivity index (χ4n) is 4.73. The number of ether oxygens (including phenoxy) is 1. The lowest BCUT2D eigenvalue weighted by molar-refractivity contribution is -0.116. The van der Waals surface area contributed by atoms with Crippen LogP contribution in [0.15, 0.2) is 48.5 Å². The minimum Gasteiger partial charge on any atom is -0.478 e. The van der Waals surface area contributed by atoms with E-state index in [0.29, 0.717) is 30.3 Å². The summed E-state index contributed by atoms with van der Waals surface area (Å²) in [6, 6.07) is 18.4. The fraction of sp³-hybridized carbons (Fsp3) is 0.370. The van der Waals surface area contributed by atoms with Gasteiger partial charge in [0.2, 0.25) is 11.8 Å². The van der Waals surface area contributed by atoms with Gasteiger partial charge in [-0.3, -0.25) is 9.69 Å². The predicted molar refractivity (Wildman–Crippen MR) is 133 cm³/mol. The molecule has 1 saturated heterocycles. The number of hydrogen-bond donors (Lipinski definition) is 1. The van der Waals surface area contributed by atoms with E-state index in [2.05, 4.69) is 44.4 Å². The average Bonchev–Trinajstić information content (AvgIpc) is 2.88. The van der Waals surface area contributed by atoms with Crippen LogP contribution in [0.3, 0.4) is 0 Å². The lowest BCUT2D eigenvalue weighted by Crippen LogP contribution is -2.46. The molecule has 0 spiro atoms. The van der Waals surface area contributed by atoms with E-state index in [0.717, 1.165) is 62.9 Å². The molecule has 3 aromatic rings. The van der Waals surface area contributed by atoms with Crippen molar-refractivity contribution in [1.82, 2.24) is 9.88 Å². The van der Waals surface area contributed by atoms with Crippen molar-refractivity contribution in [2.45, 2.75) is 25.7 Å². The molecule has 1 aromatic heterocycles. The van der Waals surface area contributed by atoms with Crippen LogP contribution in [-0.2, 0) is 11.2 Å². The van der Waals surface area contributed by atoms with Crippen LogP contribution in [0, 0.1) is 11.3 Å². The lowest BCUT2D eigenvalue weighted by atomic mass is 10.0. The molecule has 0 atom stereocenters. The average molecular weight is 456 g/mol. The highest BCUT2D eigenvalue weighted by atomic mass is 16.5. The number of rotatable bonds is 7. The zero-order valence-electron chi connectivity index (χ0n) is 19.3. The van der Waals surface area contributed by atoms with Gasteiger partial charge in [0.25, 0.3) is 0 Å². The molecular formula is C27H29N5O2. The number of hydrogen-bond acceptors (Lipinski definition) is 6. The van der Waals surface area contributed by atoms with Crippen LogP contribution in [0.2, 0.25) is 0 Å². The van der Waals surface area contributed by atoms with E-state index in [1.54, 1.807) is 0 Å². The first-order valence-electron chi connectivity index (χ1n) is 12.0. The molecular weight excluding hydrogens is 426 g/mol. The van der Waals surface area contributed by atoms with Crippen LogP contribution in [0.25, 0.3) is 10.8 Å². The van der Waals surface area contributed by atoms with E-state index in [1.807, 2.05) is 30.3 Å². The van der Waals surface area contributed by atoms with Gasteiger partial charge in [0, 0.05) is 49.7 Å². The van der Waals surface area contributed by atoms with Crippen LogP contribution in [0.5, 0.6) is 5.88 Å². The van der Waals surface area contributed by atoms with Crippen LogP contribution in [0.4, 0.5) is 11.5 Å². The van der Waals surface area contributed by atoms with Crippen molar-refractivity contribution in [2.24, 2.45) is 0 Å². The highest BCUT2D eigenvalue weighted by molar-refractivity contribution is 5.95. The number of anilines is 2. The van der Waals surface area contributed by atoms with Gasteiger partial charge in [0.05, 0.1) is 18.2 Å². The number of unbranched alkanes of at least 4 members (excludes halogenated alkanes) is 1. The molecule has 0 aliphatic carbocycles. The molecule has 7 heteroatoms. The number of carbonyl (C=O) groups is 1. The maximum Gasteiger partial charge on any atom is 0.225 e. The van der Waals surface area contributed by atoms with Crippen molar-refractivity contribution in [2.75, 3.05) is 49.5 Å². The van der Waals surface area contributed by atoms with Crippen molar-refractivity contribution in [3.8, 4) is 11.9 Å². The number of benzene rings is 2. The Kier molecular flexibility index (Phi) is 6.59. The molecule has 1 amide bonds. The van der Waals surface area contributed by atoms with Crippen molar-refractivity contribution in [3.63, 3.8) is 0 Å². The van der Waals surface area contributed by atoms with Crippen molar-refractivity contribution < 1.29 is 9.53 Å². The number of amides is 1. The quantitative estimate of drug-likeness (QED) is 0.543. The lowest BCUT2D eigenvalue weighted by Gasteiger charge is -2.36. The van der Waals surface area contributed by atoms with Gasteiger partial charge in [-0.2, -0.15) is 10.2 Å². The summed E-state index contributed by atoms with van der Waals surface area (Å²) < 4.78 is 5.82. The van der Waals surface area contributed by atoms with Gasteiger partial charge < -0.3 is 15.0 Å². The zero-order chi connectivity index (χ0) is 23.3. The number of nitrogens with zero attached hydrogens (tertiary/aromatic N) is 4. The Balaban J connectivity index is 1.07. The largest absolute Gasteiger partial charge is 0.478 e. The highest BCUT2D eigenvalue weighted by Gasteiger charge is 2.19. The van der Waals surface area contributed by atoms with Crippen molar-refractivity contribution in [1.29, 1.82) is 5.26 Å². The van der Waals surface area contributed by atoms with Crippen molar-refractivity contribution >= 4 is 28.2 Å². The van der Waals surface area contributed by atoms with E-state index in [4.69, 9.17) is 4.74 Å². The summed E-state index contributed by atoms with van der Waals surface area (Å²) in [5.74, 6) is 1.23. The van der Waals surface area contributed by atoms with Crippen molar-refractivity contribution in [3.05, 3.63) is 59.7 Å². The Labute approximate surface area is 199 Å². The predicted octanol–water partition coefficient (Wildman–Crippen LogP) is 3.97. The minimum absolute atomic E-state index is 0.0182. The number of fused-ring (bicyclic) bond motifs is 2. The molecule has 2 aromatic carbocycles. The van der Waals surface area contributed by atoms with Gasteiger partial charge in [0.15, 0.2) is 0 Å². The van der Waals surface area contributed by atoms with E-state index >= 15 is 0 Å². The Morgan fingerprint density at radius 2 is 1.91 bits per heavy atom. The molecule has 0 bridgehead atoms. The first kappa shape index (κ1) is 22.2. The third kappa shape index (κ3) is 4.97. The zero-order valence-corrected chi connectivity index (χ0v) is 19.3. The second-order valence-electron chi connectivity index (χ2n) is 8.91. The SMILES string of the molecule is N#Cc1ccc2cccc(N3CCN(CCCCOc4ccc5c(n4)NC(=O)CC5)CC3)c2c1. The number of piperazine rings is 1. The van der Waals surface area contributed by atoms with Gasteiger partial charge >= 0.3 is 0 Å². The molecule has 2 aliphatic rings. The van der Waals surface area contributed by atoms with Crippen LogP contribution in [0.1, 0.15) is 30.4 Å². The summed E-state index contributed by atoms with van der Waals surface area (Å²) in [4.78, 5) is 20.9. The maximum absolute atomic E-state index is 11.6.